The van der Waals surface area contributed by atoms with E-state index in [1.807, 2.05) is 0 Å². The van der Waals surface area contributed by atoms with Gasteiger partial charge in [0.2, 0.25) is 10.0 Å². The van der Waals surface area contributed by atoms with Gasteiger partial charge in [0.1, 0.15) is 5.82 Å². The third kappa shape index (κ3) is 4.62. The molecule has 0 spiro atoms. The number of amides is 1. The molecule has 0 aliphatic rings. The molecule has 3 N–H and O–H groups in total. The lowest BCUT2D eigenvalue weighted by atomic mass is 10.2. The predicted molar refractivity (Wildman–Crippen MR) is 85.3 cm³/mol. The molecular weight excluding hydrogens is 375 g/mol. The summed E-state index contributed by atoms with van der Waals surface area (Å²) in [7, 11) is -3.61. The fourth-order valence-corrected chi connectivity index (χ4v) is 2.80. The number of hydrogen-bond acceptors (Lipinski definition) is 3. The van der Waals surface area contributed by atoms with Gasteiger partial charge in [0.15, 0.2) is 0 Å². The molecule has 0 aliphatic carbocycles. The van der Waals surface area contributed by atoms with Crippen LogP contribution in [0.5, 0.6) is 0 Å². The lowest BCUT2D eigenvalue weighted by Gasteiger charge is -2.07. The number of nitrogens with two attached hydrogens (primary N) is 1. The maximum absolute atomic E-state index is 13.6. The first-order valence-corrected chi connectivity index (χ1v) is 8.61. The third-order valence-corrected chi connectivity index (χ3v) is 3.98. The molecular formula is C14H12BrFN2O3S. The van der Waals surface area contributed by atoms with Crippen LogP contribution in [-0.2, 0) is 15.8 Å². The molecule has 8 heteroatoms. The Hall–Kier alpha value is -1.77. The second kappa shape index (κ2) is 6.55. The van der Waals surface area contributed by atoms with Crippen molar-refractivity contribution < 1.29 is 17.6 Å². The predicted octanol–water partition coefficient (Wildman–Crippen LogP) is 2.63. The number of carbonyl (C=O) groups excluding carboxylic acids is 1. The van der Waals surface area contributed by atoms with Crippen LogP contribution in [0.4, 0.5) is 10.1 Å². The molecule has 0 radical (unpaired) electrons. The molecule has 0 heterocycles. The van der Waals surface area contributed by atoms with Crippen LogP contribution in [0, 0.1) is 5.82 Å². The van der Waals surface area contributed by atoms with Crippen molar-refractivity contribution in [2.45, 2.75) is 5.75 Å². The fourth-order valence-electron chi connectivity index (χ4n) is 1.79. The summed E-state index contributed by atoms with van der Waals surface area (Å²) >= 11 is 3.17. The van der Waals surface area contributed by atoms with Crippen molar-refractivity contribution in [3.63, 3.8) is 0 Å². The van der Waals surface area contributed by atoms with Gasteiger partial charge in [-0.25, -0.2) is 17.9 Å². The van der Waals surface area contributed by atoms with Gasteiger partial charge in [0.05, 0.1) is 11.3 Å². The number of halogens is 2. The molecule has 5 nitrogen and oxygen atoms in total. The van der Waals surface area contributed by atoms with Gasteiger partial charge in [-0.2, -0.15) is 0 Å². The van der Waals surface area contributed by atoms with E-state index in [4.69, 9.17) is 5.14 Å². The van der Waals surface area contributed by atoms with Crippen LogP contribution in [0.1, 0.15) is 15.9 Å². The highest BCUT2D eigenvalue weighted by atomic mass is 79.9. The zero-order chi connectivity index (χ0) is 16.3. The number of sulfonamides is 1. The molecule has 0 aromatic heterocycles. The summed E-state index contributed by atoms with van der Waals surface area (Å²) in [5, 5.41) is 7.49. The fraction of sp³-hybridized carbons (Fsp3) is 0.0714. The van der Waals surface area contributed by atoms with Crippen LogP contribution in [0.25, 0.3) is 0 Å². The van der Waals surface area contributed by atoms with Gasteiger partial charge in [-0.05, 0) is 35.9 Å². The van der Waals surface area contributed by atoms with E-state index in [1.54, 1.807) is 0 Å². The topological polar surface area (TPSA) is 89.3 Å². The first-order chi connectivity index (χ1) is 10.2. The second-order valence-corrected chi connectivity index (χ2v) is 7.11. The van der Waals surface area contributed by atoms with Crippen molar-refractivity contribution in [1.29, 1.82) is 0 Å². The van der Waals surface area contributed by atoms with Crippen molar-refractivity contribution in [2.24, 2.45) is 5.14 Å². The van der Waals surface area contributed by atoms with E-state index < -0.39 is 21.7 Å². The third-order valence-electron chi connectivity index (χ3n) is 2.75. The Morgan fingerprint density at radius 1 is 1.18 bits per heavy atom. The van der Waals surface area contributed by atoms with Crippen LogP contribution in [0.15, 0.2) is 46.9 Å². The Labute approximate surface area is 135 Å². The summed E-state index contributed by atoms with van der Waals surface area (Å²) < 4.78 is 36.2. The maximum atomic E-state index is 13.6. The van der Waals surface area contributed by atoms with Gasteiger partial charge in [-0.1, -0.05) is 28.1 Å². The summed E-state index contributed by atoms with van der Waals surface area (Å²) in [6.45, 7) is 0. The van der Waals surface area contributed by atoms with Crippen molar-refractivity contribution in [3.8, 4) is 0 Å². The van der Waals surface area contributed by atoms with Gasteiger partial charge >= 0.3 is 0 Å². The number of hydrogen-bond donors (Lipinski definition) is 2. The number of anilines is 1. The summed E-state index contributed by atoms with van der Waals surface area (Å²) in [4.78, 5) is 12.0. The summed E-state index contributed by atoms with van der Waals surface area (Å²) in [5.74, 6) is -1.52. The summed E-state index contributed by atoms with van der Waals surface area (Å²) in [6, 6.07) is 10.2. The number of benzene rings is 2. The molecule has 116 valence electrons. The van der Waals surface area contributed by atoms with E-state index in [0.29, 0.717) is 15.7 Å². The number of rotatable bonds is 4. The number of carbonyl (C=O) groups is 1. The van der Waals surface area contributed by atoms with E-state index in [-0.39, 0.29) is 11.3 Å². The van der Waals surface area contributed by atoms with Crippen LogP contribution in [0.3, 0.4) is 0 Å². The van der Waals surface area contributed by atoms with Gasteiger partial charge < -0.3 is 5.32 Å². The number of nitrogens with one attached hydrogen (secondary N) is 1. The molecule has 0 saturated carbocycles. The van der Waals surface area contributed by atoms with Gasteiger partial charge in [-0.3, -0.25) is 4.79 Å². The highest BCUT2D eigenvalue weighted by Crippen LogP contribution is 2.18. The van der Waals surface area contributed by atoms with Crippen molar-refractivity contribution in [1.82, 2.24) is 0 Å². The normalized spacial score (nSPS) is 11.2. The molecule has 1 amide bonds. The molecule has 0 bridgehead atoms. The minimum Gasteiger partial charge on any atom is -0.322 e. The lowest BCUT2D eigenvalue weighted by molar-refractivity contribution is 0.102. The SMILES string of the molecule is NS(=O)(=O)Cc1ccc(NC(=O)c2cc(Br)ccc2F)cc1. The smallest absolute Gasteiger partial charge is 0.258 e. The molecule has 0 saturated heterocycles. The minimum absolute atomic E-state index is 0.0945. The maximum Gasteiger partial charge on any atom is 0.258 e. The van der Waals surface area contributed by atoms with E-state index in [2.05, 4.69) is 21.2 Å². The molecule has 2 aromatic rings. The van der Waals surface area contributed by atoms with Crippen molar-refractivity contribution >= 4 is 37.5 Å². The highest BCUT2D eigenvalue weighted by molar-refractivity contribution is 9.10. The molecule has 0 unspecified atom stereocenters. The summed E-state index contributed by atoms with van der Waals surface area (Å²) in [6.07, 6.45) is 0. The Morgan fingerprint density at radius 3 is 2.41 bits per heavy atom. The zero-order valence-corrected chi connectivity index (χ0v) is 13.6. The average molecular weight is 387 g/mol. The van der Waals surface area contributed by atoms with Gasteiger partial charge in [0.25, 0.3) is 5.91 Å². The molecule has 2 rings (SSSR count). The Kier molecular flexibility index (Phi) is 4.94. The van der Waals surface area contributed by atoms with Gasteiger partial charge in [-0.15, -0.1) is 0 Å². The summed E-state index contributed by atoms with van der Waals surface area (Å²) in [5.41, 5.74) is 0.819. The quantitative estimate of drug-likeness (QED) is 0.845. The largest absolute Gasteiger partial charge is 0.322 e. The van der Waals surface area contributed by atoms with Crippen LogP contribution >= 0.6 is 15.9 Å². The molecule has 0 aliphatic heterocycles. The zero-order valence-electron chi connectivity index (χ0n) is 11.2. The van der Waals surface area contributed by atoms with E-state index in [1.165, 1.54) is 42.5 Å². The van der Waals surface area contributed by atoms with Gasteiger partial charge in [0, 0.05) is 10.2 Å². The van der Waals surface area contributed by atoms with Crippen molar-refractivity contribution in [3.05, 3.63) is 63.9 Å². The number of primary sulfonamides is 1. The first-order valence-electron chi connectivity index (χ1n) is 6.10. The monoisotopic (exact) mass is 386 g/mol. The van der Waals surface area contributed by atoms with Crippen LogP contribution in [0.2, 0.25) is 0 Å². The lowest BCUT2D eigenvalue weighted by Crippen LogP contribution is -2.15. The standard InChI is InChI=1S/C14H12BrFN2O3S/c15-10-3-6-13(16)12(7-10)14(19)18-11-4-1-9(2-5-11)8-22(17,20)21/h1-7H,8H2,(H,18,19)(H2,17,20,21). The van der Waals surface area contributed by atoms with E-state index in [0.717, 1.165) is 0 Å². The first kappa shape index (κ1) is 16.6. The molecule has 0 fully saturated rings. The Morgan fingerprint density at radius 2 is 1.82 bits per heavy atom. The second-order valence-electron chi connectivity index (χ2n) is 4.58. The highest BCUT2D eigenvalue weighted by Gasteiger charge is 2.12. The minimum atomic E-state index is -3.61. The van der Waals surface area contributed by atoms with E-state index in [9.17, 15) is 17.6 Å². The Balaban J connectivity index is 2.14. The Bertz CT molecular complexity index is 807. The van der Waals surface area contributed by atoms with Crippen LogP contribution < -0.4 is 10.5 Å². The van der Waals surface area contributed by atoms with E-state index >= 15 is 0 Å². The molecule has 22 heavy (non-hydrogen) atoms. The molecule has 2 aromatic carbocycles. The van der Waals surface area contributed by atoms with Crippen LogP contribution in [-0.4, -0.2) is 14.3 Å². The van der Waals surface area contributed by atoms with Crippen molar-refractivity contribution in [2.75, 3.05) is 5.32 Å². The average Bonchev–Trinajstić information content (AvgIpc) is 2.42. The molecule has 0 atom stereocenters.